The van der Waals surface area contributed by atoms with Crippen molar-refractivity contribution in [2.45, 2.75) is 83.9 Å². The molecule has 7 heteroatoms. The largest absolute Gasteiger partial charge is 0.348 e. The Kier molecular flexibility index (Phi) is 8.20. The number of nitrogens with one attached hydrogen (secondary N) is 1. The maximum atomic E-state index is 15.0. The van der Waals surface area contributed by atoms with E-state index in [1.165, 1.54) is 6.07 Å². The van der Waals surface area contributed by atoms with Crippen molar-refractivity contribution in [3.05, 3.63) is 34.1 Å². The van der Waals surface area contributed by atoms with Gasteiger partial charge in [0.05, 0.1) is 28.0 Å². The highest BCUT2D eigenvalue weighted by Gasteiger charge is 2.43. The molecule has 2 fully saturated rings. The molecule has 0 spiro atoms. The molecule has 1 heterocycles. The Morgan fingerprint density at radius 1 is 1.32 bits per heavy atom. The fourth-order valence-electron chi connectivity index (χ4n) is 5.16. The Balaban J connectivity index is 1.81. The molecule has 1 aromatic rings. The minimum absolute atomic E-state index is 0.0841. The molecule has 1 aromatic carbocycles. The van der Waals surface area contributed by atoms with Crippen LogP contribution in [-0.2, 0) is 15.8 Å². The van der Waals surface area contributed by atoms with Gasteiger partial charge in [0.15, 0.2) is 0 Å². The van der Waals surface area contributed by atoms with Gasteiger partial charge in [-0.3, -0.25) is 4.79 Å². The second-order valence-electron chi connectivity index (χ2n) is 9.48. The average molecular weight is 471 g/mol. The van der Waals surface area contributed by atoms with E-state index in [4.69, 9.17) is 11.6 Å². The Hall–Kier alpha value is -0.980. The summed E-state index contributed by atoms with van der Waals surface area (Å²) in [5.41, 5.74) is 0.992. The predicted molar refractivity (Wildman–Crippen MR) is 126 cm³/mol. The van der Waals surface area contributed by atoms with Crippen LogP contribution in [0, 0.1) is 24.1 Å². The number of amides is 1. The molecule has 3 rings (SSSR count). The molecule has 2 aliphatic rings. The molecular formula is C24H36ClFN2O2S. The van der Waals surface area contributed by atoms with Crippen LogP contribution in [0.4, 0.5) is 4.39 Å². The highest BCUT2D eigenvalue weighted by molar-refractivity contribution is 7.83. The summed E-state index contributed by atoms with van der Waals surface area (Å²) < 4.78 is 29.8. The van der Waals surface area contributed by atoms with Crippen LogP contribution in [-0.4, -0.2) is 32.8 Å². The standard InChI is InChI=1S/C24H36ClFN2O2S/c1-5-18(6-2)31(30)28-14-11-17(15-28)23(29)27-22(24(4)12-7-8-13-24)20-19(26)10-9-16(3)21(20)25/h9-10,17-18,22H,5-8,11-15H2,1-4H3,(H,27,29). The number of rotatable bonds is 8. The van der Waals surface area contributed by atoms with Crippen molar-refractivity contribution in [2.24, 2.45) is 11.3 Å². The van der Waals surface area contributed by atoms with Gasteiger partial charge in [0.2, 0.25) is 5.91 Å². The van der Waals surface area contributed by atoms with E-state index in [1.54, 1.807) is 6.07 Å². The van der Waals surface area contributed by atoms with Crippen molar-refractivity contribution in [3.8, 4) is 0 Å². The highest BCUT2D eigenvalue weighted by atomic mass is 35.5. The first-order valence-corrected chi connectivity index (χ1v) is 13.2. The molecule has 0 bridgehead atoms. The van der Waals surface area contributed by atoms with Crippen molar-refractivity contribution in [1.29, 1.82) is 0 Å². The van der Waals surface area contributed by atoms with Crippen LogP contribution in [0.3, 0.4) is 0 Å². The summed E-state index contributed by atoms with van der Waals surface area (Å²) in [6.45, 7) is 9.25. The van der Waals surface area contributed by atoms with Gasteiger partial charge < -0.3 is 5.32 Å². The normalized spacial score (nSPS) is 23.3. The van der Waals surface area contributed by atoms with Gasteiger partial charge in [0, 0.05) is 23.9 Å². The molecule has 3 unspecified atom stereocenters. The fraction of sp³-hybridized carbons (Fsp3) is 0.708. The molecular weight excluding hydrogens is 435 g/mol. The van der Waals surface area contributed by atoms with Gasteiger partial charge in [-0.25, -0.2) is 12.9 Å². The third-order valence-corrected chi connectivity index (χ3v) is 9.89. The van der Waals surface area contributed by atoms with Gasteiger partial charge in [-0.05, 0) is 56.1 Å². The summed E-state index contributed by atoms with van der Waals surface area (Å²) in [6, 6.07) is 2.66. The zero-order valence-electron chi connectivity index (χ0n) is 19.2. The van der Waals surface area contributed by atoms with Crippen LogP contribution in [0.2, 0.25) is 5.02 Å². The van der Waals surface area contributed by atoms with Crippen LogP contribution >= 0.6 is 11.6 Å². The summed E-state index contributed by atoms with van der Waals surface area (Å²) in [6.07, 6.45) is 6.39. The molecule has 31 heavy (non-hydrogen) atoms. The highest BCUT2D eigenvalue weighted by Crippen LogP contribution is 2.49. The quantitative estimate of drug-likeness (QED) is 0.529. The second kappa shape index (κ2) is 10.3. The lowest BCUT2D eigenvalue weighted by Crippen LogP contribution is -2.42. The van der Waals surface area contributed by atoms with E-state index in [0.717, 1.165) is 44.1 Å². The van der Waals surface area contributed by atoms with Gasteiger partial charge >= 0.3 is 0 Å². The summed E-state index contributed by atoms with van der Waals surface area (Å²) in [4.78, 5) is 13.3. The smallest absolute Gasteiger partial charge is 0.224 e. The van der Waals surface area contributed by atoms with Crippen molar-refractivity contribution in [3.63, 3.8) is 0 Å². The van der Waals surface area contributed by atoms with E-state index in [-0.39, 0.29) is 28.3 Å². The maximum Gasteiger partial charge on any atom is 0.224 e. The van der Waals surface area contributed by atoms with Crippen LogP contribution in [0.5, 0.6) is 0 Å². The van der Waals surface area contributed by atoms with Gasteiger partial charge in [-0.1, -0.05) is 51.3 Å². The molecule has 0 aromatic heterocycles. The summed E-state index contributed by atoms with van der Waals surface area (Å²) in [5, 5.41) is 3.73. The number of benzene rings is 1. The zero-order chi connectivity index (χ0) is 22.8. The van der Waals surface area contributed by atoms with Gasteiger partial charge in [0.25, 0.3) is 0 Å². The van der Waals surface area contributed by atoms with E-state index in [1.807, 2.05) is 11.2 Å². The molecule has 4 nitrogen and oxygen atoms in total. The van der Waals surface area contributed by atoms with Gasteiger partial charge in [0.1, 0.15) is 5.82 Å². The Bertz CT molecular complexity index is 824. The molecule has 1 N–H and O–H groups in total. The Morgan fingerprint density at radius 3 is 2.58 bits per heavy atom. The molecule has 1 aliphatic heterocycles. The zero-order valence-corrected chi connectivity index (χ0v) is 20.8. The topological polar surface area (TPSA) is 49.4 Å². The molecule has 3 atom stereocenters. The van der Waals surface area contributed by atoms with Crippen molar-refractivity contribution in [1.82, 2.24) is 9.62 Å². The van der Waals surface area contributed by atoms with Gasteiger partial charge in [-0.15, -0.1) is 0 Å². The maximum absolute atomic E-state index is 15.0. The minimum atomic E-state index is -1.07. The molecule has 174 valence electrons. The first-order chi connectivity index (χ1) is 14.7. The second-order valence-corrected chi connectivity index (χ2v) is 11.6. The summed E-state index contributed by atoms with van der Waals surface area (Å²) in [7, 11) is -1.07. The lowest BCUT2D eigenvalue weighted by molar-refractivity contribution is -0.126. The number of aryl methyl sites for hydroxylation is 1. The number of halogens is 2. The number of hydrogen-bond acceptors (Lipinski definition) is 2. The number of hydrogen-bond donors (Lipinski definition) is 1. The average Bonchev–Trinajstić information content (AvgIpc) is 3.41. The SMILES string of the molecule is CCC(CC)S(=O)N1CCC(C(=O)NC(c2c(F)ccc(C)c2Cl)C2(C)CCCC2)C1. The number of carbonyl (C=O) groups is 1. The number of carbonyl (C=O) groups excluding carboxylic acids is 1. The molecule has 1 aliphatic carbocycles. The van der Waals surface area contributed by atoms with E-state index in [2.05, 4.69) is 26.1 Å². The molecule has 1 saturated heterocycles. The molecule has 0 radical (unpaired) electrons. The minimum Gasteiger partial charge on any atom is -0.348 e. The lowest BCUT2D eigenvalue weighted by Gasteiger charge is -2.36. The van der Waals surface area contributed by atoms with Crippen LogP contribution in [0.15, 0.2) is 12.1 Å². The summed E-state index contributed by atoms with van der Waals surface area (Å²) >= 11 is 6.57. The monoisotopic (exact) mass is 470 g/mol. The first kappa shape index (κ1) is 24.7. The molecule has 1 amide bonds. The third-order valence-electron chi connectivity index (χ3n) is 7.31. The summed E-state index contributed by atoms with van der Waals surface area (Å²) in [5.74, 6) is -0.687. The fourth-order valence-corrected chi connectivity index (χ4v) is 7.03. The van der Waals surface area contributed by atoms with Crippen LogP contribution in [0.25, 0.3) is 0 Å². The first-order valence-electron chi connectivity index (χ1n) is 11.6. The van der Waals surface area contributed by atoms with Crippen molar-refractivity contribution >= 4 is 28.5 Å². The van der Waals surface area contributed by atoms with Gasteiger partial charge in [-0.2, -0.15) is 0 Å². The van der Waals surface area contributed by atoms with E-state index in [9.17, 15) is 13.4 Å². The lowest BCUT2D eigenvalue weighted by atomic mass is 9.76. The predicted octanol–water partition coefficient (Wildman–Crippen LogP) is 5.70. The molecule has 1 saturated carbocycles. The Labute approximate surface area is 193 Å². The van der Waals surface area contributed by atoms with E-state index < -0.39 is 17.0 Å². The van der Waals surface area contributed by atoms with Crippen LogP contribution < -0.4 is 5.32 Å². The van der Waals surface area contributed by atoms with Crippen LogP contribution in [0.1, 0.15) is 82.9 Å². The van der Waals surface area contributed by atoms with Crippen molar-refractivity contribution < 1.29 is 13.4 Å². The third kappa shape index (κ3) is 5.17. The van der Waals surface area contributed by atoms with E-state index >= 15 is 0 Å². The van der Waals surface area contributed by atoms with Crippen molar-refractivity contribution in [2.75, 3.05) is 13.1 Å². The number of nitrogens with zero attached hydrogens (tertiary/aromatic N) is 1. The Morgan fingerprint density at radius 2 is 1.97 bits per heavy atom. The van der Waals surface area contributed by atoms with E-state index in [0.29, 0.717) is 30.1 Å².